The number of carbonyl (C=O) groups excluding carboxylic acids is 1. The lowest BCUT2D eigenvalue weighted by molar-refractivity contribution is -0.141. The zero-order valence-electron chi connectivity index (χ0n) is 9.50. The van der Waals surface area contributed by atoms with E-state index in [2.05, 4.69) is 10.1 Å². The second kappa shape index (κ2) is 6.51. The predicted octanol–water partition coefficient (Wildman–Crippen LogP) is 2.03. The summed E-state index contributed by atoms with van der Waals surface area (Å²) in [6, 6.07) is 7.71. The molecule has 0 amide bonds. The Labute approximate surface area is 101 Å². The minimum Gasteiger partial charge on any atom is -0.469 e. The molecule has 0 spiro atoms. The molecule has 0 heterocycles. The Morgan fingerprint density at radius 3 is 2.56 bits per heavy atom. The Morgan fingerprint density at radius 2 is 2.06 bits per heavy atom. The van der Waals surface area contributed by atoms with E-state index in [1.165, 1.54) is 7.11 Å². The van der Waals surface area contributed by atoms with Crippen LogP contribution in [0.15, 0.2) is 24.3 Å². The van der Waals surface area contributed by atoms with Gasteiger partial charge in [-0.05, 0) is 31.2 Å². The molecule has 0 saturated carbocycles. The standard InChI is InChI=1S/C12H16ClNO2/c1-14-11(8-12(15)16-2)7-9-3-5-10(13)6-4-9/h3-6,11,14H,7-8H2,1-2H3. The quantitative estimate of drug-likeness (QED) is 0.802. The number of rotatable bonds is 5. The monoisotopic (exact) mass is 241 g/mol. The van der Waals surface area contributed by atoms with Crippen molar-refractivity contribution in [1.29, 1.82) is 0 Å². The van der Waals surface area contributed by atoms with Gasteiger partial charge < -0.3 is 10.1 Å². The Bertz CT molecular complexity index is 337. The fourth-order valence-corrected chi connectivity index (χ4v) is 1.59. The largest absolute Gasteiger partial charge is 0.469 e. The molecule has 88 valence electrons. The highest BCUT2D eigenvalue weighted by atomic mass is 35.5. The molecule has 4 heteroatoms. The molecule has 0 aliphatic carbocycles. The summed E-state index contributed by atoms with van der Waals surface area (Å²) < 4.78 is 4.64. The number of hydrogen-bond donors (Lipinski definition) is 1. The summed E-state index contributed by atoms with van der Waals surface area (Å²) in [4.78, 5) is 11.1. The maximum absolute atomic E-state index is 11.1. The highest BCUT2D eigenvalue weighted by molar-refractivity contribution is 6.30. The van der Waals surface area contributed by atoms with Crippen LogP contribution in [-0.4, -0.2) is 26.2 Å². The van der Waals surface area contributed by atoms with Gasteiger partial charge in [-0.2, -0.15) is 0 Å². The normalized spacial score (nSPS) is 12.2. The number of methoxy groups -OCH3 is 1. The first-order valence-electron chi connectivity index (χ1n) is 5.14. The van der Waals surface area contributed by atoms with E-state index in [4.69, 9.17) is 11.6 Å². The van der Waals surface area contributed by atoms with Crippen molar-refractivity contribution in [2.75, 3.05) is 14.2 Å². The van der Waals surface area contributed by atoms with Crippen molar-refractivity contribution in [3.8, 4) is 0 Å². The Balaban J connectivity index is 2.56. The molecule has 1 aromatic rings. The first kappa shape index (κ1) is 13.0. The molecule has 0 fully saturated rings. The Morgan fingerprint density at radius 1 is 1.44 bits per heavy atom. The molecule has 3 nitrogen and oxygen atoms in total. The molecule has 0 bridgehead atoms. The van der Waals surface area contributed by atoms with Gasteiger partial charge in [-0.3, -0.25) is 4.79 Å². The number of likely N-dealkylation sites (N-methyl/N-ethyl adjacent to an activating group) is 1. The van der Waals surface area contributed by atoms with Crippen molar-refractivity contribution >= 4 is 17.6 Å². The zero-order valence-corrected chi connectivity index (χ0v) is 10.3. The SMILES string of the molecule is CNC(CC(=O)OC)Cc1ccc(Cl)cc1. The highest BCUT2D eigenvalue weighted by Crippen LogP contribution is 2.12. The fraction of sp³-hybridized carbons (Fsp3) is 0.417. The molecule has 1 aromatic carbocycles. The van der Waals surface area contributed by atoms with Crippen molar-refractivity contribution in [1.82, 2.24) is 5.32 Å². The van der Waals surface area contributed by atoms with Gasteiger partial charge in [0, 0.05) is 11.1 Å². The van der Waals surface area contributed by atoms with Gasteiger partial charge in [-0.15, -0.1) is 0 Å². The lowest BCUT2D eigenvalue weighted by Crippen LogP contribution is -2.30. The van der Waals surface area contributed by atoms with Crippen molar-refractivity contribution in [3.05, 3.63) is 34.9 Å². The predicted molar refractivity (Wildman–Crippen MR) is 64.6 cm³/mol. The van der Waals surface area contributed by atoms with E-state index in [1.54, 1.807) is 0 Å². The van der Waals surface area contributed by atoms with Gasteiger partial charge in [-0.25, -0.2) is 0 Å². The summed E-state index contributed by atoms with van der Waals surface area (Å²) in [7, 11) is 3.24. The lowest BCUT2D eigenvalue weighted by Gasteiger charge is -2.14. The van der Waals surface area contributed by atoms with Crippen LogP contribution in [0.2, 0.25) is 5.02 Å². The molecule has 1 atom stereocenters. The van der Waals surface area contributed by atoms with Crippen molar-refractivity contribution < 1.29 is 9.53 Å². The van der Waals surface area contributed by atoms with E-state index >= 15 is 0 Å². The van der Waals surface area contributed by atoms with Crippen LogP contribution < -0.4 is 5.32 Å². The van der Waals surface area contributed by atoms with E-state index in [1.807, 2.05) is 31.3 Å². The number of benzene rings is 1. The van der Waals surface area contributed by atoms with Crippen molar-refractivity contribution in [3.63, 3.8) is 0 Å². The third-order valence-corrected chi connectivity index (χ3v) is 2.70. The van der Waals surface area contributed by atoms with Gasteiger partial charge >= 0.3 is 5.97 Å². The summed E-state index contributed by atoms with van der Waals surface area (Å²) in [5.41, 5.74) is 1.15. The van der Waals surface area contributed by atoms with Crippen LogP contribution in [0.1, 0.15) is 12.0 Å². The van der Waals surface area contributed by atoms with Crippen LogP contribution in [0.5, 0.6) is 0 Å². The van der Waals surface area contributed by atoms with E-state index in [-0.39, 0.29) is 12.0 Å². The van der Waals surface area contributed by atoms with Crippen LogP contribution >= 0.6 is 11.6 Å². The molecular formula is C12H16ClNO2. The molecule has 1 N–H and O–H groups in total. The average Bonchev–Trinajstić information content (AvgIpc) is 2.30. The van der Waals surface area contributed by atoms with Gasteiger partial charge in [0.1, 0.15) is 0 Å². The topological polar surface area (TPSA) is 38.3 Å². The van der Waals surface area contributed by atoms with E-state index in [0.29, 0.717) is 6.42 Å². The van der Waals surface area contributed by atoms with Crippen molar-refractivity contribution in [2.45, 2.75) is 18.9 Å². The highest BCUT2D eigenvalue weighted by Gasteiger charge is 2.12. The zero-order chi connectivity index (χ0) is 12.0. The number of nitrogens with one attached hydrogen (secondary N) is 1. The Hall–Kier alpha value is -1.06. The van der Waals surface area contributed by atoms with E-state index in [0.717, 1.165) is 17.0 Å². The molecule has 16 heavy (non-hydrogen) atoms. The van der Waals surface area contributed by atoms with Gasteiger partial charge in [0.15, 0.2) is 0 Å². The van der Waals surface area contributed by atoms with E-state index in [9.17, 15) is 4.79 Å². The van der Waals surface area contributed by atoms with Crippen LogP contribution in [0, 0.1) is 0 Å². The first-order chi connectivity index (χ1) is 7.65. The summed E-state index contributed by atoms with van der Waals surface area (Å²) in [6.07, 6.45) is 1.15. The Kier molecular flexibility index (Phi) is 5.29. The van der Waals surface area contributed by atoms with Gasteiger partial charge in [0.25, 0.3) is 0 Å². The smallest absolute Gasteiger partial charge is 0.307 e. The van der Waals surface area contributed by atoms with Gasteiger partial charge in [0.2, 0.25) is 0 Å². The summed E-state index contributed by atoms with van der Waals surface area (Å²) in [6.45, 7) is 0. The molecule has 0 saturated heterocycles. The molecule has 0 aromatic heterocycles. The third-order valence-electron chi connectivity index (χ3n) is 2.44. The number of ether oxygens (including phenoxy) is 1. The third kappa shape index (κ3) is 4.21. The minimum absolute atomic E-state index is 0.0913. The van der Waals surface area contributed by atoms with E-state index < -0.39 is 0 Å². The van der Waals surface area contributed by atoms with Crippen LogP contribution in [0.25, 0.3) is 0 Å². The molecular weight excluding hydrogens is 226 g/mol. The van der Waals surface area contributed by atoms with Crippen molar-refractivity contribution in [2.24, 2.45) is 0 Å². The lowest BCUT2D eigenvalue weighted by atomic mass is 10.0. The molecule has 0 aliphatic heterocycles. The van der Waals surface area contributed by atoms with Crippen LogP contribution in [0.3, 0.4) is 0 Å². The molecule has 1 unspecified atom stereocenters. The molecule has 0 radical (unpaired) electrons. The average molecular weight is 242 g/mol. The first-order valence-corrected chi connectivity index (χ1v) is 5.52. The van der Waals surface area contributed by atoms with Gasteiger partial charge in [0.05, 0.1) is 13.5 Å². The fourth-order valence-electron chi connectivity index (χ4n) is 1.47. The van der Waals surface area contributed by atoms with Crippen LogP contribution in [-0.2, 0) is 16.0 Å². The number of esters is 1. The second-order valence-corrected chi connectivity index (χ2v) is 4.03. The summed E-state index contributed by atoms with van der Waals surface area (Å²) in [5.74, 6) is -0.201. The minimum atomic E-state index is -0.201. The molecule has 1 rings (SSSR count). The van der Waals surface area contributed by atoms with Gasteiger partial charge in [-0.1, -0.05) is 23.7 Å². The summed E-state index contributed by atoms with van der Waals surface area (Å²) in [5, 5.41) is 3.82. The molecule has 0 aliphatic rings. The van der Waals surface area contributed by atoms with Crippen LogP contribution in [0.4, 0.5) is 0 Å². The number of hydrogen-bond acceptors (Lipinski definition) is 3. The maximum Gasteiger partial charge on any atom is 0.307 e. The number of halogens is 1. The maximum atomic E-state index is 11.1. The second-order valence-electron chi connectivity index (χ2n) is 3.60. The summed E-state index contributed by atoms with van der Waals surface area (Å²) >= 11 is 5.80. The number of carbonyl (C=O) groups is 1.